The number of carboxylic acids is 1. The van der Waals surface area contributed by atoms with E-state index in [4.69, 9.17) is 10.8 Å². The Kier molecular flexibility index (Phi) is 4.63. The van der Waals surface area contributed by atoms with Crippen LogP contribution < -0.4 is 10.6 Å². The summed E-state index contributed by atoms with van der Waals surface area (Å²) in [5.41, 5.74) is 10.1. The molecule has 0 saturated heterocycles. The highest BCUT2D eigenvalue weighted by molar-refractivity contribution is 5.97. The normalized spacial score (nSPS) is 12.1. The molecule has 1 atom stereocenters. The molecule has 0 aliphatic carbocycles. The molecule has 0 radical (unpaired) electrons. The van der Waals surface area contributed by atoms with Crippen LogP contribution in [0.15, 0.2) is 48.8 Å². The van der Waals surface area contributed by atoms with Gasteiger partial charge in [-0.3, -0.25) is 14.8 Å². The minimum absolute atomic E-state index is 0.251. The molecule has 0 amide bonds. The Labute approximate surface area is 145 Å². The lowest BCUT2D eigenvalue weighted by molar-refractivity contribution is -0.138. The largest absolute Gasteiger partial charge is 0.480 e. The van der Waals surface area contributed by atoms with E-state index < -0.39 is 12.0 Å². The van der Waals surface area contributed by atoms with Gasteiger partial charge in [-0.1, -0.05) is 18.2 Å². The van der Waals surface area contributed by atoms with Gasteiger partial charge in [0, 0.05) is 37.4 Å². The van der Waals surface area contributed by atoms with Gasteiger partial charge in [-0.05, 0) is 30.2 Å². The van der Waals surface area contributed by atoms with Gasteiger partial charge in [0.2, 0.25) is 0 Å². The Morgan fingerprint density at radius 3 is 2.60 bits per heavy atom. The molecule has 1 unspecified atom stereocenters. The number of nitrogens with two attached hydrogens (primary N) is 1. The van der Waals surface area contributed by atoms with E-state index in [1.807, 2.05) is 55.4 Å². The zero-order chi connectivity index (χ0) is 18.0. The zero-order valence-corrected chi connectivity index (χ0v) is 14.2. The molecule has 2 heterocycles. The summed E-state index contributed by atoms with van der Waals surface area (Å²) in [5.74, 6) is -1.01. The second-order valence-electron chi connectivity index (χ2n) is 6.09. The van der Waals surface area contributed by atoms with Crippen molar-refractivity contribution in [1.82, 2.24) is 9.97 Å². The lowest BCUT2D eigenvalue weighted by Gasteiger charge is -2.18. The molecule has 0 spiro atoms. The molecule has 1 aromatic carbocycles. The average Bonchev–Trinajstić information content (AvgIpc) is 2.62. The van der Waals surface area contributed by atoms with Gasteiger partial charge in [-0.25, -0.2) is 0 Å². The fourth-order valence-electron chi connectivity index (χ4n) is 2.89. The van der Waals surface area contributed by atoms with Crippen LogP contribution in [0.1, 0.15) is 5.56 Å². The van der Waals surface area contributed by atoms with Crippen LogP contribution in [0.5, 0.6) is 0 Å². The van der Waals surface area contributed by atoms with E-state index in [2.05, 4.69) is 9.97 Å². The number of nitrogens with zero attached hydrogens (tertiary/aromatic N) is 3. The number of fused-ring (bicyclic) bond motifs is 1. The third-order valence-electron chi connectivity index (χ3n) is 4.14. The van der Waals surface area contributed by atoms with E-state index in [0.29, 0.717) is 0 Å². The highest BCUT2D eigenvalue weighted by atomic mass is 16.4. The molecule has 3 rings (SSSR count). The molecule has 0 saturated carbocycles. The van der Waals surface area contributed by atoms with Gasteiger partial charge in [0.1, 0.15) is 6.04 Å². The second kappa shape index (κ2) is 6.86. The molecular weight excluding hydrogens is 316 g/mol. The molecule has 6 heteroatoms. The highest BCUT2D eigenvalue weighted by Gasteiger charge is 2.17. The topological polar surface area (TPSA) is 92.3 Å². The Balaban J connectivity index is 2.18. The zero-order valence-electron chi connectivity index (χ0n) is 14.2. The fourth-order valence-corrected chi connectivity index (χ4v) is 2.89. The summed E-state index contributed by atoms with van der Waals surface area (Å²) in [7, 11) is 3.94. The molecule has 3 aromatic rings. The van der Waals surface area contributed by atoms with Gasteiger partial charge in [-0.15, -0.1) is 0 Å². The summed E-state index contributed by atoms with van der Waals surface area (Å²) in [5, 5.41) is 9.98. The van der Waals surface area contributed by atoms with Gasteiger partial charge in [0.05, 0.1) is 16.9 Å². The first-order valence-electron chi connectivity index (χ1n) is 7.96. The Morgan fingerprint density at radius 1 is 1.16 bits per heavy atom. The lowest BCUT2D eigenvalue weighted by Crippen LogP contribution is -2.32. The van der Waals surface area contributed by atoms with Crippen LogP contribution >= 0.6 is 0 Å². The molecular formula is C19H20N4O2. The Bertz CT molecular complexity index is 924. The maximum absolute atomic E-state index is 11.1. The molecule has 6 nitrogen and oxygen atoms in total. The van der Waals surface area contributed by atoms with Crippen molar-refractivity contribution in [2.45, 2.75) is 12.5 Å². The summed E-state index contributed by atoms with van der Waals surface area (Å²) in [6.45, 7) is 0. The predicted molar refractivity (Wildman–Crippen MR) is 98.6 cm³/mol. The number of pyridine rings is 2. The van der Waals surface area contributed by atoms with Crippen molar-refractivity contribution in [3.05, 3.63) is 54.4 Å². The molecule has 3 N–H and O–H groups in total. The van der Waals surface area contributed by atoms with Crippen molar-refractivity contribution < 1.29 is 9.90 Å². The first-order valence-corrected chi connectivity index (χ1v) is 7.96. The van der Waals surface area contributed by atoms with E-state index in [1.165, 1.54) is 0 Å². The van der Waals surface area contributed by atoms with E-state index in [-0.39, 0.29) is 6.42 Å². The number of aromatic nitrogens is 2. The number of hydrogen-bond acceptors (Lipinski definition) is 5. The Morgan fingerprint density at radius 2 is 1.88 bits per heavy atom. The lowest BCUT2D eigenvalue weighted by atomic mass is 9.96. The van der Waals surface area contributed by atoms with Gasteiger partial charge in [0.15, 0.2) is 0 Å². The van der Waals surface area contributed by atoms with E-state index in [9.17, 15) is 4.79 Å². The van der Waals surface area contributed by atoms with Crippen LogP contribution in [0.2, 0.25) is 0 Å². The first-order chi connectivity index (χ1) is 12.0. The smallest absolute Gasteiger partial charge is 0.320 e. The first kappa shape index (κ1) is 16.9. The maximum Gasteiger partial charge on any atom is 0.320 e. The fraction of sp³-hybridized carbons (Fsp3) is 0.211. The van der Waals surface area contributed by atoms with E-state index in [1.54, 1.807) is 12.4 Å². The van der Waals surface area contributed by atoms with Crippen LogP contribution in [-0.4, -0.2) is 41.2 Å². The summed E-state index contributed by atoms with van der Waals surface area (Å²) in [6, 6.07) is 10.6. The molecule has 0 bridgehead atoms. The number of carboxylic acid groups (broad SMARTS) is 1. The van der Waals surface area contributed by atoms with Crippen LogP contribution in [0.4, 0.5) is 5.69 Å². The van der Waals surface area contributed by atoms with Crippen LogP contribution in [0, 0.1) is 0 Å². The maximum atomic E-state index is 11.1. The van der Waals surface area contributed by atoms with Crippen molar-refractivity contribution in [1.29, 1.82) is 0 Å². The summed E-state index contributed by atoms with van der Waals surface area (Å²) >= 11 is 0. The molecule has 2 aromatic heterocycles. The van der Waals surface area contributed by atoms with Crippen molar-refractivity contribution in [2.24, 2.45) is 5.73 Å². The van der Waals surface area contributed by atoms with Gasteiger partial charge >= 0.3 is 5.97 Å². The average molecular weight is 336 g/mol. The standard InChI is InChI=1S/C19H20N4O2/c1-23(2)16-6-4-10-22-18(16)14-8-7-12(11-15(20)19(24)25)13-5-3-9-21-17(13)14/h3-10,15H,11,20H2,1-2H3,(H,24,25). The van der Waals surface area contributed by atoms with Crippen LogP contribution in [-0.2, 0) is 11.2 Å². The minimum Gasteiger partial charge on any atom is -0.480 e. The van der Waals surface area contributed by atoms with Crippen molar-refractivity contribution in [3.63, 3.8) is 0 Å². The van der Waals surface area contributed by atoms with E-state index >= 15 is 0 Å². The monoisotopic (exact) mass is 336 g/mol. The van der Waals surface area contributed by atoms with Crippen LogP contribution in [0.3, 0.4) is 0 Å². The van der Waals surface area contributed by atoms with Crippen molar-refractivity contribution in [3.8, 4) is 11.3 Å². The molecule has 128 valence electrons. The number of carbonyl (C=O) groups is 1. The highest BCUT2D eigenvalue weighted by Crippen LogP contribution is 2.33. The third-order valence-corrected chi connectivity index (χ3v) is 4.14. The number of hydrogen-bond donors (Lipinski definition) is 2. The number of aliphatic carboxylic acids is 1. The van der Waals surface area contributed by atoms with Gasteiger partial charge in [-0.2, -0.15) is 0 Å². The predicted octanol–water partition coefficient (Wildman–Crippen LogP) is 2.32. The molecule has 0 aliphatic heterocycles. The number of anilines is 1. The Hall–Kier alpha value is -2.99. The number of benzene rings is 1. The third kappa shape index (κ3) is 3.29. The van der Waals surface area contributed by atoms with E-state index in [0.717, 1.165) is 33.4 Å². The van der Waals surface area contributed by atoms with Gasteiger partial charge < -0.3 is 15.7 Å². The molecule has 0 aliphatic rings. The molecule has 25 heavy (non-hydrogen) atoms. The SMILES string of the molecule is CN(C)c1cccnc1-c1ccc(CC(N)C(=O)O)c2cccnc12. The number of rotatable bonds is 5. The summed E-state index contributed by atoms with van der Waals surface area (Å²) < 4.78 is 0. The summed E-state index contributed by atoms with van der Waals surface area (Å²) in [6.07, 6.45) is 3.73. The van der Waals surface area contributed by atoms with Crippen LogP contribution in [0.25, 0.3) is 22.2 Å². The van der Waals surface area contributed by atoms with Crippen molar-refractivity contribution >= 4 is 22.6 Å². The quantitative estimate of drug-likeness (QED) is 0.743. The summed E-state index contributed by atoms with van der Waals surface area (Å²) in [4.78, 5) is 22.2. The second-order valence-corrected chi connectivity index (χ2v) is 6.09. The molecule has 0 fully saturated rings. The van der Waals surface area contributed by atoms with Gasteiger partial charge in [0.25, 0.3) is 0 Å². The minimum atomic E-state index is -1.01. The van der Waals surface area contributed by atoms with Crippen molar-refractivity contribution in [2.75, 3.05) is 19.0 Å².